The summed E-state index contributed by atoms with van der Waals surface area (Å²) >= 11 is 5.32. The van der Waals surface area contributed by atoms with Crippen molar-refractivity contribution < 1.29 is 13.9 Å². The number of hydrogen-bond acceptors (Lipinski definition) is 6. The maximum atomic E-state index is 13.3. The highest BCUT2D eigenvalue weighted by Crippen LogP contribution is 2.16. The highest BCUT2D eigenvalue weighted by Gasteiger charge is 2.13. The van der Waals surface area contributed by atoms with Crippen molar-refractivity contribution in [3.05, 3.63) is 64.7 Å². The van der Waals surface area contributed by atoms with Crippen LogP contribution in [0.2, 0.25) is 0 Å². The third-order valence-electron chi connectivity index (χ3n) is 3.64. The summed E-state index contributed by atoms with van der Waals surface area (Å²) in [4.78, 5) is 12.3. The molecule has 26 heavy (non-hydrogen) atoms. The van der Waals surface area contributed by atoms with Crippen molar-refractivity contribution in [1.82, 2.24) is 14.5 Å². The molecule has 0 amide bonds. The zero-order chi connectivity index (χ0) is 18.7. The van der Waals surface area contributed by atoms with Gasteiger partial charge in [0.1, 0.15) is 18.1 Å². The second-order valence-corrected chi connectivity index (χ2v) is 5.77. The van der Waals surface area contributed by atoms with E-state index in [0.717, 1.165) is 0 Å². The number of nitrogen functional groups attached to an aromatic ring is 1. The molecule has 0 fully saturated rings. The van der Waals surface area contributed by atoms with Crippen molar-refractivity contribution in [2.45, 2.75) is 6.54 Å². The van der Waals surface area contributed by atoms with Crippen LogP contribution in [0.3, 0.4) is 0 Å². The predicted octanol–water partition coefficient (Wildman–Crippen LogP) is 2.90. The molecule has 0 saturated heterocycles. The molecule has 7 nitrogen and oxygen atoms in total. The molecule has 3 aromatic rings. The number of ketones is 1. The predicted molar refractivity (Wildman–Crippen MR) is 98.2 cm³/mol. The first kappa shape index (κ1) is 17.6. The van der Waals surface area contributed by atoms with Crippen LogP contribution in [0.15, 0.2) is 48.5 Å². The molecule has 0 unspecified atom stereocenters. The van der Waals surface area contributed by atoms with Gasteiger partial charge in [0.25, 0.3) is 0 Å². The molecule has 0 atom stereocenters. The fraction of sp³-hybridized carbons (Fsp3) is 0.118. The first-order chi connectivity index (χ1) is 12.5. The Kier molecular flexibility index (Phi) is 4.99. The molecule has 2 aromatic carbocycles. The maximum absolute atomic E-state index is 13.3. The van der Waals surface area contributed by atoms with E-state index >= 15 is 0 Å². The van der Waals surface area contributed by atoms with Gasteiger partial charge in [-0.3, -0.25) is 10.2 Å². The van der Waals surface area contributed by atoms with Crippen molar-refractivity contribution in [3.63, 3.8) is 0 Å². The standard InChI is InChI=1S/C17H16FN5O2S/c1-25-14-7-5-13(6-8-14)20-23-16(19)21-22(17(23)26)10-15(24)11-3-2-4-12(18)9-11/h2-9,20H,10H2,1H3,(H2,19,21). The Morgan fingerprint density at radius 3 is 2.69 bits per heavy atom. The first-order valence-corrected chi connectivity index (χ1v) is 8.04. The van der Waals surface area contributed by atoms with Crippen LogP contribution < -0.4 is 15.9 Å². The number of nitrogens with zero attached hydrogens (tertiary/aromatic N) is 3. The number of Topliss-reactive ketones (excluding diaryl/α,β-unsaturated/α-hetero) is 1. The molecule has 1 heterocycles. The first-order valence-electron chi connectivity index (χ1n) is 7.63. The normalized spacial score (nSPS) is 10.5. The number of benzene rings is 2. The van der Waals surface area contributed by atoms with Crippen LogP contribution in [0.1, 0.15) is 10.4 Å². The molecule has 0 saturated carbocycles. The zero-order valence-corrected chi connectivity index (χ0v) is 14.7. The molecular formula is C17H16FN5O2S. The lowest BCUT2D eigenvalue weighted by Gasteiger charge is -2.08. The Labute approximate surface area is 153 Å². The van der Waals surface area contributed by atoms with Crippen molar-refractivity contribution in [2.24, 2.45) is 0 Å². The summed E-state index contributed by atoms with van der Waals surface area (Å²) in [5.74, 6) is 0.00160. The number of nitrogens with two attached hydrogens (primary N) is 1. The number of carbonyl (C=O) groups is 1. The maximum Gasteiger partial charge on any atom is 0.240 e. The van der Waals surface area contributed by atoms with Gasteiger partial charge in [-0.15, -0.1) is 5.10 Å². The molecule has 0 bridgehead atoms. The average Bonchev–Trinajstić information content (AvgIpc) is 2.89. The summed E-state index contributed by atoms with van der Waals surface area (Å²) in [6.45, 7) is -0.149. The third-order valence-corrected chi connectivity index (χ3v) is 4.03. The highest BCUT2D eigenvalue weighted by atomic mass is 32.1. The van der Waals surface area contributed by atoms with E-state index in [4.69, 9.17) is 22.7 Å². The van der Waals surface area contributed by atoms with Crippen LogP contribution in [-0.2, 0) is 6.54 Å². The number of anilines is 2. The van der Waals surface area contributed by atoms with Gasteiger partial charge in [-0.2, -0.15) is 4.68 Å². The summed E-state index contributed by atoms with van der Waals surface area (Å²) in [7, 11) is 1.58. The largest absolute Gasteiger partial charge is 0.497 e. The topological polar surface area (TPSA) is 87.1 Å². The molecular weight excluding hydrogens is 357 g/mol. The molecule has 0 spiro atoms. The number of ether oxygens (including phenoxy) is 1. The van der Waals surface area contributed by atoms with E-state index in [-0.39, 0.29) is 28.6 Å². The molecule has 3 rings (SSSR count). The lowest BCUT2D eigenvalue weighted by atomic mass is 10.1. The minimum absolute atomic E-state index is 0.0952. The zero-order valence-electron chi connectivity index (χ0n) is 13.8. The minimum atomic E-state index is -0.481. The van der Waals surface area contributed by atoms with Crippen LogP contribution in [-0.4, -0.2) is 27.3 Å². The second-order valence-electron chi connectivity index (χ2n) is 5.41. The molecule has 1 aromatic heterocycles. The van der Waals surface area contributed by atoms with Gasteiger partial charge in [-0.25, -0.2) is 9.07 Å². The average molecular weight is 373 g/mol. The van der Waals surface area contributed by atoms with Crippen LogP contribution >= 0.6 is 12.2 Å². The number of halogens is 1. The van der Waals surface area contributed by atoms with E-state index < -0.39 is 5.82 Å². The van der Waals surface area contributed by atoms with E-state index in [1.807, 2.05) is 0 Å². The Hall–Kier alpha value is -3.20. The summed E-state index contributed by atoms with van der Waals surface area (Å²) in [6.07, 6.45) is 0. The Bertz CT molecular complexity index is 997. The van der Waals surface area contributed by atoms with E-state index in [0.29, 0.717) is 11.4 Å². The van der Waals surface area contributed by atoms with Gasteiger partial charge >= 0.3 is 0 Å². The lowest BCUT2D eigenvalue weighted by Crippen LogP contribution is -2.14. The van der Waals surface area contributed by atoms with E-state index in [1.165, 1.54) is 33.6 Å². The Morgan fingerprint density at radius 2 is 2.04 bits per heavy atom. The van der Waals surface area contributed by atoms with E-state index in [9.17, 15) is 9.18 Å². The summed E-state index contributed by atoms with van der Waals surface area (Å²) in [5.41, 5.74) is 9.85. The Balaban J connectivity index is 1.81. The van der Waals surface area contributed by atoms with Crippen LogP contribution in [0.4, 0.5) is 16.0 Å². The highest BCUT2D eigenvalue weighted by molar-refractivity contribution is 7.71. The fourth-order valence-electron chi connectivity index (χ4n) is 2.32. The molecule has 0 aliphatic carbocycles. The molecule has 9 heteroatoms. The number of aromatic nitrogens is 3. The molecule has 0 aliphatic rings. The van der Waals surface area contributed by atoms with Gasteiger partial charge in [-0.1, -0.05) is 12.1 Å². The van der Waals surface area contributed by atoms with Crippen LogP contribution in [0.25, 0.3) is 0 Å². The molecule has 0 radical (unpaired) electrons. The molecule has 0 aliphatic heterocycles. The number of hydrogen-bond donors (Lipinski definition) is 2. The SMILES string of the molecule is COc1ccc(Nn2c(N)nn(CC(=O)c3cccc(F)c3)c2=S)cc1. The van der Waals surface area contributed by atoms with Gasteiger partial charge in [0.05, 0.1) is 12.8 Å². The van der Waals surface area contributed by atoms with Crippen molar-refractivity contribution in [1.29, 1.82) is 0 Å². The van der Waals surface area contributed by atoms with Crippen molar-refractivity contribution in [2.75, 3.05) is 18.3 Å². The van der Waals surface area contributed by atoms with Crippen LogP contribution in [0.5, 0.6) is 5.75 Å². The van der Waals surface area contributed by atoms with Gasteiger partial charge < -0.3 is 10.5 Å². The summed E-state index contributed by atoms with van der Waals surface area (Å²) in [5, 5.41) is 4.08. The molecule has 134 valence electrons. The quantitative estimate of drug-likeness (QED) is 0.510. The monoisotopic (exact) mass is 373 g/mol. The van der Waals surface area contributed by atoms with E-state index in [2.05, 4.69) is 10.5 Å². The second kappa shape index (κ2) is 7.36. The van der Waals surface area contributed by atoms with Gasteiger partial charge in [0.2, 0.25) is 10.7 Å². The van der Waals surface area contributed by atoms with E-state index in [1.54, 1.807) is 31.4 Å². The van der Waals surface area contributed by atoms with Crippen LogP contribution in [0, 0.1) is 10.6 Å². The van der Waals surface area contributed by atoms with Gasteiger partial charge in [0, 0.05) is 5.56 Å². The number of carbonyl (C=O) groups excluding carboxylic acids is 1. The fourth-order valence-corrected chi connectivity index (χ4v) is 2.56. The Morgan fingerprint density at radius 1 is 1.31 bits per heavy atom. The summed E-state index contributed by atoms with van der Waals surface area (Å²) < 4.78 is 21.3. The van der Waals surface area contributed by atoms with Gasteiger partial charge in [0.15, 0.2) is 5.78 Å². The van der Waals surface area contributed by atoms with Crippen molar-refractivity contribution >= 4 is 29.6 Å². The minimum Gasteiger partial charge on any atom is -0.497 e. The smallest absolute Gasteiger partial charge is 0.240 e. The lowest BCUT2D eigenvalue weighted by molar-refractivity contribution is 0.0966. The number of rotatable bonds is 6. The number of nitrogens with one attached hydrogen (secondary N) is 1. The van der Waals surface area contributed by atoms with Gasteiger partial charge in [-0.05, 0) is 48.6 Å². The third kappa shape index (κ3) is 3.72. The van der Waals surface area contributed by atoms with Crippen molar-refractivity contribution in [3.8, 4) is 5.75 Å². The molecule has 3 N–H and O–H groups in total. The summed E-state index contributed by atoms with van der Waals surface area (Å²) in [6, 6.07) is 12.6. The number of methoxy groups -OCH3 is 1.